The van der Waals surface area contributed by atoms with Crippen LogP contribution in [0.5, 0.6) is 0 Å². The van der Waals surface area contributed by atoms with E-state index >= 15 is 0 Å². The van der Waals surface area contributed by atoms with Crippen molar-refractivity contribution in [2.75, 3.05) is 13.1 Å². The van der Waals surface area contributed by atoms with Gasteiger partial charge in [0.2, 0.25) is 0 Å². The molecule has 16 heavy (non-hydrogen) atoms. The minimum atomic E-state index is -1.16. The molecule has 0 bridgehead atoms. The summed E-state index contributed by atoms with van der Waals surface area (Å²) in [5, 5.41) is 12.5. The highest BCUT2D eigenvalue weighted by Gasteiger charge is 2.44. The van der Waals surface area contributed by atoms with Crippen LogP contribution in [0.2, 0.25) is 5.02 Å². The molecule has 86 valence electrons. The third-order valence-corrected chi connectivity index (χ3v) is 3.25. The Labute approximate surface area is 97.2 Å². The lowest BCUT2D eigenvalue weighted by atomic mass is 9.79. The normalized spacial score (nSPS) is 24.6. The Morgan fingerprint density at radius 2 is 2.31 bits per heavy atom. The van der Waals surface area contributed by atoms with Crippen molar-refractivity contribution in [3.63, 3.8) is 0 Å². The van der Waals surface area contributed by atoms with E-state index < -0.39 is 17.2 Å². The number of hydrogen-bond donors (Lipinski definition) is 2. The molecule has 5 heteroatoms. The average Bonchev–Trinajstić information content (AvgIpc) is 2.67. The van der Waals surface area contributed by atoms with Crippen LogP contribution in [0.4, 0.5) is 4.39 Å². The number of carboxylic acid groups (broad SMARTS) is 1. The summed E-state index contributed by atoms with van der Waals surface area (Å²) in [5.41, 5.74) is -0.955. The smallest absolute Gasteiger partial charge is 0.315 e. The number of carboxylic acids is 1. The third-order valence-electron chi connectivity index (χ3n) is 3.01. The number of carbonyl (C=O) groups is 1. The zero-order valence-electron chi connectivity index (χ0n) is 8.46. The first-order valence-electron chi connectivity index (χ1n) is 4.96. The molecule has 1 saturated heterocycles. The molecule has 1 fully saturated rings. The summed E-state index contributed by atoms with van der Waals surface area (Å²) in [6.07, 6.45) is 0.390. The number of aliphatic carboxylic acids is 1. The number of nitrogens with one attached hydrogen (secondary N) is 1. The molecule has 0 radical (unpaired) electrons. The van der Waals surface area contributed by atoms with Gasteiger partial charge in [0.15, 0.2) is 0 Å². The van der Waals surface area contributed by atoms with Crippen LogP contribution < -0.4 is 5.32 Å². The van der Waals surface area contributed by atoms with Crippen molar-refractivity contribution in [2.24, 2.45) is 0 Å². The first-order valence-corrected chi connectivity index (χ1v) is 5.34. The second-order valence-electron chi connectivity index (χ2n) is 3.94. The molecule has 1 atom stereocenters. The van der Waals surface area contributed by atoms with Crippen molar-refractivity contribution in [1.82, 2.24) is 5.32 Å². The fourth-order valence-corrected chi connectivity index (χ4v) is 2.26. The van der Waals surface area contributed by atoms with Crippen LogP contribution in [0.25, 0.3) is 0 Å². The van der Waals surface area contributed by atoms with Gasteiger partial charge in [-0.2, -0.15) is 0 Å². The fraction of sp³-hybridized carbons (Fsp3) is 0.364. The second kappa shape index (κ2) is 4.03. The van der Waals surface area contributed by atoms with E-state index in [0.29, 0.717) is 13.0 Å². The van der Waals surface area contributed by atoms with Gasteiger partial charge in [0.25, 0.3) is 0 Å². The monoisotopic (exact) mass is 243 g/mol. The Morgan fingerprint density at radius 3 is 2.81 bits per heavy atom. The maximum absolute atomic E-state index is 13.7. The number of halogens is 2. The first kappa shape index (κ1) is 11.4. The lowest BCUT2D eigenvalue weighted by Gasteiger charge is -2.24. The molecule has 0 aliphatic carbocycles. The van der Waals surface area contributed by atoms with E-state index in [4.69, 9.17) is 11.6 Å². The molecule has 0 saturated carbocycles. The van der Waals surface area contributed by atoms with E-state index in [1.807, 2.05) is 0 Å². The molecule has 2 rings (SSSR count). The summed E-state index contributed by atoms with van der Waals surface area (Å²) in [7, 11) is 0. The van der Waals surface area contributed by atoms with Crippen LogP contribution in [0.3, 0.4) is 0 Å². The quantitative estimate of drug-likeness (QED) is 0.833. The molecule has 1 heterocycles. The molecule has 1 aromatic carbocycles. The summed E-state index contributed by atoms with van der Waals surface area (Å²) < 4.78 is 13.7. The average molecular weight is 244 g/mol. The highest BCUT2D eigenvalue weighted by molar-refractivity contribution is 6.30. The van der Waals surface area contributed by atoms with Crippen LogP contribution in [0, 0.1) is 5.82 Å². The molecule has 1 unspecified atom stereocenters. The van der Waals surface area contributed by atoms with Crippen LogP contribution in [-0.2, 0) is 10.2 Å². The van der Waals surface area contributed by atoms with E-state index in [1.165, 1.54) is 12.1 Å². The van der Waals surface area contributed by atoms with Crippen molar-refractivity contribution in [3.8, 4) is 0 Å². The molecular formula is C11H11ClFNO2. The van der Waals surface area contributed by atoms with Crippen molar-refractivity contribution in [1.29, 1.82) is 0 Å². The predicted octanol–water partition coefficient (Wildman–Crippen LogP) is 1.79. The van der Waals surface area contributed by atoms with Gasteiger partial charge < -0.3 is 10.4 Å². The fourth-order valence-electron chi connectivity index (χ4n) is 2.10. The van der Waals surface area contributed by atoms with Gasteiger partial charge in [-0.1, -0.05) is 17.7 Å². The van der Waals surface area contributed by atoms with Crippen LogP contribution in [0.15, 0.2) is 18.2 Å². The van der Waals surface area contributed by atoms with Gasteiger partial charge in [-0.25, -0.2) is 4.39 Å². The second-order valence-corrected chi connectivity index (χ2v) is 4.37. The van der Waals surface area contributed by atoms with Gasteiger partial charge in [-0.15, -0.1) is 0 Å². The van der Waals surface area contributed by atoms with Crippen LogP contribution in [0.1, 0.15) is 12.0 Å². The Kier molecular flexibility index (Phi) is 2.86. The van der Waals surface area contributed by atoms with Crippen molar-refractivity contribution in [3.05, 3.63) is 34.6 Å². The van der Waals surface area contributed by atoms with Crippen LogP contribution >= 0.6 is 11.6 Å². The van der Waals surface area contributed by atoms with E-state index in [-0.39, 0.29) is 17.1 Å². The predicted molar refractivity (Wildman–Crippen MR) is 58.2 cm³/mol. The van der Waals surface area contributed by atoms with Gasteiger partial charge >= 0.3 is 5.97 Å². The van der Waals surface area contributed by atoms with Crippen molar-refractivity contribution >= 4 is 17.6 Å². The molecule has 0 spiro atoms. The topological polar surface area (TPSA) is 49.3 Å². The summed E-state index contributed by atoms with van der Waals surface area (Å²) >= 11 is 5.65. The zero-order chi connectivity index (χ0) is 11.8. The Bertz CT molecular complexity index is 430. The molecule has 3 nitrogen and oxygen atoms in total. The SMILES string of the molecule is O=C(O)C1(c2ccc(Cl)cc2F)CCNC1. The Balaban J connectivity index is 2.51. The van der Waals surface area contributed by atoms with E-state index in [0.717, 1.165) is 6.07 Å². The summed E-state index contributed by atoms with van der Waals surface area (Å²) in [6, 6.07) is 4.13. The molecule has 0 amide bonds. The third kappa shape index (κ3) is 1.68. The zero-order valence-corrected chi connectivity index (χ0v) is 9.22. The van der Waals surface area contributed by atoms with E-state index in [9.17, 15) is 14.3 Å². The number of benzene rings is 1. The standard InChI is InChI=1S/C11H11ClFNO2/c12-7-1-2-8(9(13)5-7)11(10(15)16)3-4-14-6-11/h1-2,5,14H,3-4,6H2,(H,15,16). The largest absolute Gasteiger partial charge is 0.481 e. The molecular weight excluding hydrogens is 233 g/mol. The minimum absolute atomic E-state index is 0.203. The lowest BCUT2D eigenvalue weighted by molar-refractivity contribution is -0.143. The number of rotatable bonds is 2. The maximum Gasteiger partial charge on any atom is 0.315 e. The molecule has 1 aliphatic heterocycles. The van der Waals surface area contributed by atoms with Crippen molar-refractivity contribution < 1.29 is 14.3 Å². The van der Waals surface area contributed by atoms with Gasteiger partial charge in [0, 0.05) is 17.1 Å². The molecule has 1 aromatic rings. The summed E-state index contributed by atoms with van der Waals surface area (Å²) in [5.74, 6) is -1.56. The highest BCUT2D eigenvalue weighted by atomic mass is 35.5. The lowest BCUT2D eigenvalue weighted by Crippen LogP contribution is -2.38. The Morgan fingerprint density at radius 1 is 1.56 bits per heavy atom. The van der Waals surface area contributed by atoms with Gasteiger partial charge in [0.1, 0.15) is 11.2 Å². The van der Waals surface area contributed by atoms with Crippen LogP contribution in [-0.4, -0.2) is 24.2 Å². The summed E-state index contributed by atoms with van der Waals surface area (Å²) in [4.78, 5) is 11.3. The summed E-state index contributed by atoms with van der Waals surface area (Å²) in [6.45, 7) is 0.829. The molecule has 0 aromatic heterocycles. The Hall–Kier alpha value is -1.13. The van der Waals surface area contributed by atoms with E-state index in [2.05, 4.69) is 5.32 Å². The maximum atomic E-state index is 13.7. The van der Waals surface area contributed by atoms with Crippen molar-refractivity contribution in [2.45, 2.75) is 11.8 Å². The highest BCUT2D eigenvalue weighted by Crippen LogP contribution is 2.33. The first-order chi connectivity index (χ1) is 7.56. The van der Waals surface area contributed by atoms with E-state index in [1.54, 1.807) is 0 Å². The molecule has 2 N–H and O–H groups in total. The van der Waals surface area contributed by atoms with Gasteiger partial charge in [-0.3, -0.25) is 4.79 Å². The van der Waals surface area contributed by atoms with Gasteiger partial charge in [-0.05, 0) is 25.1 Å². The molecule has 1 aliphatic rings. The minimum Gasteiger partial charge on any atom is -0.481 e. The van der Waals surface area contributed by atoms with Gasteiger partial charge in [0.05, 0.1) is 0 Å². The number of hydrogen-bond acceptors (Lipinski definition) is 2.